The average Bonchev–Trinajstić information content (AvgIpc) is 2.63. The molecule has 0 N–H and O–H groups in total. The maximum atomic E-state index is 12.2. The Morgan fingerprint density at radius 1 is 1.11 bits per heavy atom. The van der Waals surface area contributed by atoms with Crippen LogP contribution in [0.2, 0.25) is 0 Å². The van der Waals surface area contributed by atoms with E-state index in [1.54, 1.807) is 13.8 Å². The second kappa shape index (κ2) is 4.88. The minimum atomic E-state index is -0.425. The number of ether oxygens (including phenoxy) is 1. The van der Waals surface area contributed by atoms with Crippen LogP contribution in [0.5, 0.6) is 5.75 Å². The SMILES string of the molecule is Cc1cc(C)c(OC(=O)c2c(C)noc2C)c(C)c1. The zero-order valence-electron chi connectivity index (χ0n) is 11.8. The molecule has 0 atom stereocenters. The van der Waals surface area contributed by atoms with Crippen LogP contribution in [0, 0.1) is 34.6 Å². The fourth-order valence-corrected chi connectivity index (χ4v) is 2.25. The predicted octanol–water partition coefficient (Wildman–Crippen LogP) is 3.44. The van der Waals surface area contributed by atoms with E-state index in [0.717, 1.165) is 16.7 Å². The summed E-state index contributed by atoms with van der Waals surface area (Å²) >= 11 is 0. The van der Waals surface area contributed by atoms with Gasteiger partial charge in [0.05, 0.1) is 5.69 Å². The third-order valence-corrected chi connectivity index (χ3v) is 3.04. The van der Waals surface area contributed by atoms with Crippen molar-refractivity contribution in [3.05, 3.63) is 45.8 Å². The summed E-state index contributed by atoms with van der Waals surface area (Å²) in [4.78, 5) is 12.2. The van der Waals surface area contributed by atoms with E-state index in [0.29, 0.717) is 22.8 Å². The Bertz CT molecular complexity index is 598. The van der Waals surface area contributed by atoms with E-state index in [2.05, 4.69) is 5.16 Å². The summed E-state index contributed by atoms with van der Waals surface area (Å²) in [6.07, 6.45) is 0. The van der Waals surface area contributed by atoms with Crippen LogP contribution in [-0.2, 0) is 0 Å². The molecule has 0 spiro atoms. The first-order chi connectivity index (χ1) is 8.90. The van der Waals surface area contributed by atoms with Crippen molar-refractivity contribution in [2.45, 2.75) is 34.6 Å². The Kier molecular flexibility index (Phi) is 3.42. The van der Waals surface area contributed by atoms with Gasteiger partial charge in [-0.05, 0) is 45.7 Å². The van der Waals surface area contributed by atoms with E-state index in [1.807, 2.05) is 32.9 Å². The number of hydrogen-bond acceptors (Lipinski definition) is 4. The van der Waals surface area contributed by atoms with Gasteiger partial charge in [0.2, 0.25) is 0 Å². The molecule has 1 aromatic heterocycles. The average molecular weight is 259 g/mol. The van der Waals surface area contributed by atoms with Crippen LogP contribution in [0.15, 0.2) is 16.7 Å². The van der Waals surface area contributed by atoms with Gasteiger partial charge in [0.1, 0.15) is 17.1 Å². The Morgan fingerprint density at radius 2 is 1.68 bits per heavy atom. The van der Waals surface area contributed by atoms with Gasteiger partial charge in [-0.15, -0.1) is 0 Å². The van der Waals surface area contributed by atoms with Crippen molar-refractivity contribution in [1.29, 1.82) is 0 Å². The summed E-state index contributed by atoms with van der Waals surface area (Å²) in [6, 6.07) is 3.98. The van der Waals surface area contributed by atoms with E-state index in [-0.39, 0.29) is 0 Å². The van der Waals surface area contributed by atoms with Gasteiger partial charge in [-0.2, -0.15) is 0 Å². The minimum Gasteiger partial charge on any atom is -0.422 e. The molecule has 0 saturated heterocycles. The molecular formula is C15H17NO3. The highest BCUT2D eigenvalue weighted by atomic mass is 16.5. The molecule has 100 valence electrons. The first-order valence-corrected chi connectivity index (χ1v) is 6.13. The number of hydrogen-bond donors (Lipinski definition) is 0. The molecule has 0 unspecified atom stereocenters. The standard InChI is InChI=1S/C15H17NO3/c1-8-6-9(2)14(10(3)7-8)18-15(17)13-11(4)16-19-12(13)5/h6-7H,1-5H3. The van der Waals surface area contributed by atoms with Crippen LogP contribution in [0.25, 0.3) is 0 Å². The number of aromatic nitrogens is 1. The van der Waals surface area contributed by atoms with Crippen LogP contribution in [0.4, 0.5) is 0 Å². The Balaban J connectivity index is 2.35. The van der Waals surface area contributed by atoms with E-state index < -0.39 is 5.97 Å². The molecule has 0 saturated carbocycles. The fourth-order valence-electron chi connectivity index (χ4n) is 2.25. The number of esters is 1. The summed E-state index contributed by atoms with van der Waals surface area (Å²) in [6.45, 7) is 9.29. The largest absolute Gasteiger partial charge is 0.422 e. The van der Waals surface area contributed by atoms with Gasteiger partial charge in [-0.3, -0.25) is 0 Å². The van der Waals surface area contributed by atoms with Crippen LogP contribution >= 0.6 is 0 Å². The molecule has 0 fully saturated rings. The summed E-state index contributed by atoms with van der Waals surface area (Å²) < 4.78 is 10.5. The molecule has 0 aliphatic heterocycles. The van der Waals surface area contributed by atoms with Crippen molar-refractivity contribution >= 4 is 5.97 Å². The smallest absolute Gasteiger partial charge is 0.349 e. The highest BCUT2D eigenvalue weighted by Crippen LogP contribution is 2.26. The van der Waals surface area contributed by atoms with Gasteiger partial charge in [0.25, 0.3) is 0 Å². The van der Waals surface area contributed by atoms with Gasteiger partial charge in [-0.25, -0.2) is 4.79 Å². The van der Waals surface area contributed by atoms with Crippen LogP contribution in [0.1, 0.15) is 38.5 Å². The predicted molar refractivity (Wildman–Crippen MR) is 71.6 cm³/mol. The van der Waals surface area contributed by atoms with Crippen molar-refractivity contribution in [2.24, 2.45) is 0 Å². The highest BCUT2D eigenvalue weighted by Gasteiger charge is 2.21. The van der Waals surface area contributed by atoms with Crippen molar-refractivity contribution in [3.8, 4) is 5.75 Å². The number of nitrogens with zero attached hydrogens (tertiary/aromatic N) is 1. The highest BCUT2D eigenvalue weighted by molar-refractivity contribution is 5.93. The molecule has 0 amide bonds. The summed E-state index contributed by atoms with van der Waals surface area (Å²) in [5, 5.41) is 3.76. The molecule has 2 aromatic rings. The lowest BCUT2D eigenvalue weighted by Gasteiger charge is -2.11. The fraction of sp³-hybridized carbons (Fsp3) is 0.333. The molecule has 0 radical (unpaired) electrons. The quantitative estimate of drug-likeness (QED) is 0.612. The minimum absolute atomic E-state index is 0.402. The van der Waals surface area contributed by atoms with Gasteiger partial charge >= 0.3 is 5.97 Å². The summed E-state index contributed by atoms with van der Waals surface area (Å²) in [5.41, 5.74) is 3.98. The molecule has 0 aliphatic carbocycles. The van der Waals surface area contributed by atoms with Crippen molar-refractivity contribution < 1.29 is 14.1 Å². The molecular weight excluding hydrogens is 242 g/mol. The van der Waals surface area contributed by atoms with Crippen molar-refractivity contribution in [3.63, 3.8) is 0 Å². The van der Waals surface area contributed by atoms with E-state index in [1.165, 1.54) is 0 Å². The Labute approximate surface area is 112 Å². The Hall–Kier alpha value is -2.10. The van der Waals surface area contributed by atoms with Crippen LogP contribution in [0.3, 0.4) is 0 Å². The topological polar surface area (TPSA) is 52.3 Å². The van der Waals surface area contributed by atoms with Gasteiger partial charge in [-0.1, -0.05) is 22.9 Å². The monoisotopic (exact) mass is 259 g/mol. The van der Waals surface area contributed by atoms with E-state index in [4.69, 9.17) is 9.26 Å². The van der Waals surface area contributed by atoms with E-state index >= 15 is 0 Å². The second-order valence-corrected chi connectivity index (χ2v) is 4.82. The zero-order chi connectivity index (χ0) is 14.2. The lowest BCUT2D eigenvalue weighted by Crippen LogP contribution is -2.12. The number of carbonyl (C=O) groups excluding carboxylic acids is 1. The molecule has 0 aliphatic rings. The van der Waals surface area contributed by atoms with Gasteiger partial charge in [0, 0.05) is 0 Å². The second-order valence-electron chi connectivity index (χ2n) is 4.82. The van der Waals surface area contributed by atoms with Crippen molar-refractivity contribution in [2.75, 3.05) is 0 Å². The summed E-state index contributed by atoms with van der Waals surface area (Å²) in [7, 11) is 0. The maximum Gasteiger partial charge on any atom is 0.349 e. The molecule has 0 bridgehead atoms. The van der Waals surface area contributed by atoms with Crippen LogP contribution < -0.4 is 4.74 Å². The van der Waals surface area contributed by atoms with Gasteiger partial charge < -0.3 is 9.26 Å². The molecule has 19 heavy (non-hydrogen) atoms. The maximum absolute atomic E-state index is 12.2. The Morgan fingerprint density at radius 3 is 2.16 bits per heavy atom. The van der Waals surface area contributed by atoms with E-state index in [9.17, 15) is 4.79 Å². The number of carbonyl (C=O) groups is 1. The first-order valence-electron chi connectivity index (χ1n) is 6.13. The number of aryl methyl sites for hydroxylation is 5. The molecule has 4 nitrogen and oxygen atoms in total. The van der Waals surface area contributed by atoms with Crippen LogP contribution in [-0.4, -0.2) is 11.1 Å². The molecule has 1 heterocycles. The zero-order valence-corrected chi connectivity index (χ0v) is 11.8. The third kappa shape index (κ3) is 2.52. The lowest BCUT2D eigenvalue weighted by atomic mass is 10.1. The molecule has 1 aromatic carbocycles. The number of benzene rings is 1. The van der Waals surface area contributed by atoms with Gasteiger partial charge in [0.15, 0.2) is 0 Å². The summed E-state index contributed by atoms with van der Waals surface area (Å²) in [5.74, 6) is 0.659. The van der Waals surface area contributed by atoms with Crippen molar-refractivity contribution in [1.82, 2.24) is 5.16 Å². The lowest BCUT2D eigenvalue weighted by molar-refractivity contribution is 0.0730. The molecule has 2 rings (SSSR count). The molecule has 4 heteroatoms. The normalized spacial score (nSPS) is 10.6. The third-order valence-electron chi connectivity index (χ3n) is 3.04. The first kappa shape index (κ1) is 13.3. The number of rotatable bonds is 2.